The number of nitrogens with zero attached hydrogens (tertiary/aromatic N) is 3. The molecule has 348 valence electrons. The van der Waals surface area contributed by atoms with Crippen molar-refractivity contribution in [3.05, 3.63) is 319 Å². The number of aromatic nitrogens is 1. The zero-order chi connectivity index (χ0) is 55.1. The molecule has 1 aliphatic rings. The highest BCUT2D eigenvalue weighted by Gasteiger charge is 2.48. The Morgan fingerprint density at radius 2 is 0.892 bits per heavy atom. The second kappa shape index (κ2) is 17.9. The van der Waals surface area contributed by atoms with E-state index in [1.54, 1.807) is 0 Å². The first-order valence-corrected chi connectivity index (χ1v) is 24.9. The van der Waals surface area contributed by atoms with Crippen molar-refractivity contribution < 1.29 is 9.60 Å². The molecule has 0 amide bonds. The summed E-state index contributed by atoms with van der Waals surface area (Å²) < 4.78 is 69.6. The number of fused-ring (bicyclic) bond motifs is 7. The van der Waals surface area contributed by atoms with Gasteiger partial charge in [0.1, 0.15) is 0 Å². The van der Waals surface area contributed by atoms with E-state index in [2.05, 4.69) is 172 Å². The number of anilines is 6. The molecule has 14 rings (SSSR count). The van der Waals surface area contributed by atoms with E-state index in [4.69, 9.17) is 4.11 Å². The number of benzene rings is 12. The monoisotopic (exact) mass is 950 g/mol. The molecule has 1 atom stereocenters. The summed E-state index contributed by atoms with van der Waals surface area (Å²) in [6, 6.07) is 84.4. The van der Waals surface area contributed by atoms with Crippen LogP contribution >= 0.6 is 0 Å². The maximum Gasteiger partial charge on any atom is 0.0720 e. The van der Waals surface area contributed by atoms with Gasteiger partial charge in [0.15, 0.2) is 0 Å². The van der Waals surface area contributed by atoms with Crippen LogP contribution in [0.3, 0.4) is 0 Å². The zero-order valence-corrected chi connectivity index (χ0v) is 40.1. The normalized spacial score (nSPS) is 15.1. The molecule has 12 aromatic carbocycles. The van der Waals surface area contributed by atoms with E-state index in [9.17, 15) is 5.48 Å². The molecule has 1 heterocycles. The third-order valence-electron chi connectivity index (χ3n) is 14.6. The summed E-state index contributed by atoms with van der Waals surface area (Å²) in [5, 5.41) is 1.55. The molecule has 0 saturated carbocycles. The molecule has 0 bridgehead atoms. The minimum atomic E-state index is -1.56. The van der Waals surface area contributed by atoms with Gasteiger partial charge in [0.05, 0.1) is 31.7 Å². The average Bonchev–Trinajstić information content (AvgIpc) is 2.61. The second-order valence-corrected chi connectivity index (χ2v) is 18.7. The Balaban J connectivity index is 1.17. The molecule has 3 nitrogen and oxygen atoms in total. The zero-order valence-electron chi connectivity index (χ0n) is 47.1. The van der Waals surface area contributed by atoms with E-state index in [0.717, 1.165) is 101 Å². The molecule has 1 aromatic heterocycles. The fraction of sp³-hybridized carbons (Fsp3) is 0.0141. The summed E-state index contributed by atoms with van der Waals surface area (Å²) >= 11 is 0. The van der Waals surface area contributed by atoms with Crippen LogP contribution in [0, 0.1) is 0 Å². The summed E-state index contributed by atoms with van der Waals surface area (Å²) in [5.41, 5.74) is 12.9. The van der Waals surface area contributed by atoms with E-state index in [1.165, 1.54) is 0 Å². The summed E-state index contributed by atoms with van der Waals surface area (Å²) in [5.74, 6) is 0. The predicted octanol–water partition coefficient (Wildman–Crippen LogP) is 18.9. The van der Waals surface area contributed by atoms with Gasteiger partial charge in [-0.2, -0.15) is 0 Å². The maximum atomic E-state index is 10.6. The topological polar surface area (TPSA) is 11.4 Å². The van der Waals surface area contributed by atoms with Crippen molar-refractivity contribution in [1.29, 1.82) is 0 Å². The Hall–Kier alpha value is -9.70. The van der Waals surface area contributed by atoms with Gasteiger partial charge in [0.25, 0.3) is 0 Å². The largest absolute Gasteiger partial charge is 0.310 e. The van der Waals surface area contributed by atoms with E-state index in [-0.39, 0.29) is 34.5 Å². The second-order valence-electron chi connectivity index (χ2n) is 18.7. The van der Waals surface area contributed by atoms with Crippen LogP contribution < -0.4 is 9.80 Å². The molecule has 0 radical (unpaired) electrons. The maximum absolute atomic E-state index is 10.6. The molecular formula is C71H49N3. The van der Waals surface area contributed by atoms with Crippen LogP contribution in [0.15, 0.2) is 297 Å². The smallest absolute Gasteiger partial charge is 0.0720 e. The highest BCUT2D eigenvalue weighted by molar-refractivity contribution is 6.13. The van der Waals surface area contributed by atoms with Crippen LogP contribution in [-0.2, 0) is 5.41 Å². The van der Waals surface area contributed by atoms with Crippen LogP contribution in [-0.4, -0.2) is 4.57 Å². The first kappa shape index (κ1) is 36.3. The number of para-hydroxylation sites is 6. The Morgan fingerprint density at radius 1 is 0.365 bits per heavy atom. The van der Waals surface area contributed by atoms with Gasteiger partial charge in [-0.05, 0) is 147 Å². The van der Waals surface area contributed by atoms with Gasteiger partial charge in [0.2, 0.25) is 0 Å². The Morgan fingerprint density at radius 3 is 1.55 bits per heavy atom. The lowest BCUT2D eigenvalue weighted by Crippen LogP contribution is -2.29. The van der Waals surface area contributed by atoms with Crippen molar-refractivity contribution in [2.45, 2.75) is 5.41 Å². The molecule has 1 unspecified atom stereocenters. The third kappa shape index (κ3) is 6.89. The van der Waals surface area contributed by atoms with E-state index in [0.29, 0.717) is 0 Å². The average molecular weight is 951 g/mol. The van der Waals surface area contributed by atoms with Gasteiger partial charge in [-0.1, -0.05) is 200 Å². The van der Waals surface area contributed by atoms with Crippen molar-refractivity contribution in [1.82, 2.24) is 4.57 Å². The van der Waals surface area contributed by atoms with Crippen molar-refractivity contribution in [3.8, 4) is 27.9 Å². The van der Waals surface area contributed by atoms with E-state index in [1.807, 2.05) is 97.1 Å². The fourth-order valence-corrected chi connectivity index (χ4v) is 11.6. The quantitative estimate of drug-likeness (QED) is 0.135. The lowest BCUT2D eigenvalue weighted by atomic mass is 9.66. The molecule has 0 saturated heterocycles. The molecule has 0 spiro atoms. The Labute approximate surface area is 441 Å². The van der Waals surface area contributed by atoms with Crippen molar-refractivity contribution in [2.24, 2.45) is 0 Å². The molecule has 0 N–H and O–H groups in total. The molecule has 3 heteroatoms. The fourth-order valence-electron chi connectivity index (χ4n) is 11.6. The highest BCUT2D eigenvalue weighted by atomic mass is 15.1. The van der Waals surface area contributed by atoms with Crippen molar-refractivity contribution in [3.63, 3.8) is 0 Å². The van der Waals surface area contributed by atoms with E-state index < -0.39 is 29.6 Å². The summed E-state index contributed by atoms with van der Waals surface area (Å²) in [4.78, 5) is 4.51. The van der Waals surface area contributed by atoms with Crippen molar-refractivity contribution >= 4 is 66.7 Å². The van der Waals surface area contributed by atoms with Crippen LogP contribution in [0.2, 0.25) is 0 Å². The van der Waals surface area contributed by atoms with E-state index >= 15 is 0 Å². The summed E-state index contributed by atoms with van der Waals surface area (Å²) in [6.45, 7) is 0. The van der Waals surface area contributed by atoms with Gasteiger partial charge in [-0.3, -0.25) is 0 Å². The minimum Gasteiger partial charge on any atom is -0.310 e. The van der Waals surface area contributed by atoms with Gasteiger partial charge in [-0.25, -0.2) is 0 Å². The minimum absolute atomic E-state index is 0.106. The lowest BCUT2D eigenvalue weighted by Gasteiger charge is -2.35. The third-order valence-corrected chi connectivity index (χ3v) is 14.6. The van der Waals surface area contributed by atoms with Gasteiger partial charge < -0.3 is 14.4 Å². The first-order chi connectivity index (χ1) is 39.7. The first-order valence-electron chi connectivity index (χ1n) is 28.4. The van der Waals surface area contributed by atoms with Gasteiger partial charge in [0, 0.05) is 50.5 Å². The molecular weight excluding hydrogens is 895 g/mol. The molecule has 13 aromatic rings. The van der Waals surface area contributed by atoms with Crippen LogP contribution in [0.4, 0.5) is 34.1 Å². The molecule has 0 aliphatic heterocycles. The number of hydrogen-bond acceptors (Lipinski definition) is 2. The lowest BCUT2D eigenvalue weighted by molar-refractivity contribution is 0.778. The predicted molar refractivity (Wildman–Crippen MR) is 310 cm³/mol. The van der Waals surface area contributed by atoms with Crippen LogP contribution in [0.1, 0.15) is 31.8 Å². The van der Waals surface area contributed by atoms with Crippen LogP contribution in [0.25, 0.3) is 60.5 Å². The van der Waals surface area contributed by atoms with Crippen molar-refractivity contribution in [2.75, 3.05) is 9.80 Å². The molecule has 74 heavy (non-hydrogen) atoms. The standard InChI is InChI=1S/C71H49N3/c1-6-24-51(25-7-1)60-35-18-20-38-67(60)73(56-31-12-4-13-32-56)59-44-46-65-63(49-59)62-48-58(72(54-27-8-2-9-28-54)55-29-10-3-11-30-55)43-45-64(62)71(65,53-42-41-50-23-16-17-26-52(50)47-53)66-37-22-40-69-70(66)61-36-19-21-39-68(61)74(69)57-33-14-5-15-34-57/h1-49H/i16D,17D,23D,26D,41D,42D,47D. The molecule has 1 aliphatic carbocycles. The SMILES string of the molecule is [2H]c1c([2H])c([2H])c2c([2H])c(C3(c4cccc5c4c4ccccc4n5-c4ccccc4)c4ccc(N(c5ccccc5)c5ccccc5)cc4-c4cc(N(c5ccccc5)c5ccccc5-c5ccccc5)ccc43)c([2H])c([2H])c2c1[2H]. The van der Waals surface area contributed by atoms with Gasteiger partial charge >= 0.3 is 0 Å². The number of rotatable bonds is 10. The van der Waals surface area contributed by atoms with Crippen LogP contribution in [0.5, 0.6) is 0 Å². The Kier molecular flexibility index (Phi) is 8.75. The molecule has 0 fully saturated rings. The Bertz CT molecular complexity index is 4570. The summed E-state index contributed by atoms with van der Waals surface area (Å²) in [6.07, 6.45) is 0. The summed E-state index contributed by atoms with van der Waals surface area (Å²) in [7, 11) is 0. The highest BCUT2D eigenvalue weighted by Crippen LogP contribution is 2.60. The number of hydrogen-bond donors (Lipinski definition) is 0. The van der Waals surface area contributed by atoms with Gasteiger partial charge in [-0.15, -0.1) is 0 Å².